The molecular formula is C15H20N2O3. The first kappa shape index (κ1) is 14.5. The van der Waals surface area contributed by atoms with E-state index in [1.165, 1.54) is 0 Å². The average molecular weight is 276 g/mol. The van der Waals surface area contributed by atoms with Crippen LogP contribution in [-0.2, 0) is 4.79 Å². The number of hydrogen-bond donors (Lipinski definition) is 2. The van der Waals surface area contributed by atoms with Crippen molar-refractivity contribution in [2.45, 2.75) is 32.2 Å². The molecule has 1 aliphatic rings. The molecule has 20 heavy (non-hydrogen) atoms. The highest BCUT2D eigenvalue weighted by Gasteiger charge is 2.32. The second-order valence-electron chi connectivity index (χ2n) is 4.94. The molecule has 0 atom stereocenters. The maximum Gasteiger partial charge on any atom is 0.254 e. The van der Waals surface area contributed by atoms with Crippen LogP contribution in [0, 0.1) is 0 Å². The summed E-state index contributed by atoms with van der Waals surface area (Å²) < 4.78 is 0. The van der Waals surface area contributed by atoms with E-state index >= 15 is 0 Å². The molecule has 0 spiro atoms. The normalized spacial score (nSPS) is 13.9. The van der Waals surface area contributed by atoms with Gasteiger partial charge in [-0.15, -0.1) is 0 Å². The summed E-state index contributed by atoms with van der Waals surface area (Å²) in [7, 11) is 0. The van der Waals surface area contributed by atoms with Crippen LogP contribution in [0.3, 0.4) is 0 Å². The molecule has 108 valence electrons. The van der Waals surface area contributed by atoms with Crippen LogP contribution in [0.25, 0.3) is 0 Å². The van der Waals surface area contributed by atoms with E-state index in [2.05, 4.69) is 5.32 Å². The van der Waals surface area contributed by atoms with Crippen LogP contribution < -0.4 is 5.32 Å². The Bertz CT molecular complexity index is 498. The molecule has 2 rings (SSSR count). The number of aliphatic hydroxyl groups excluding tert-OH is 1. The molecule has 2 N–H and O–H groups in total. The molecule has 0 aromatic heterocycles. The molecular weight excluding hydrogens is 256 g/mol. The first-order chi connectivity index (χ1) is 9.65. The van der Waals surface area contributed by atoms with E-state index < -0.39 is 0 Å². The Labute approximate surface area is 118 Å². The van der Waals surface area contributed by atoms with Gasteiger partial charge < -0.3 is 15.3 Å². The Morgan fingerprint density at radius 3 is 2.75 bits per heavy atom. The van der Waals surface area contributed by atoms with Crippen molar-refractivity contribution in [3.63, 3.8) is 0 Å². The quantitative estimate of drug-likeness (QED) is 0.829. The minimum atomic E-state index is -0.0888. The standard InChI is InChI=1S/C15H20N2O3/c1-2-14(19)16-12-5-3-4-11(10-12)15(20)17(8-9-18)13-6-7-13/h3-5,10,13,18H,2,6-9H2,1H3,(H,16,19). The topological polar surface area (TPSA) is 69.6 Å². The minimum Gasteiger partial charge on any atom is -0.395 e. The molecule has 1 fully saturated rings. The first-order valence-corrected chi connectivity index (χ1v) is 6.97. The molecule has 0 heterocycles. The Balaban J connectivity index is 2.12. The average Bonchev–Trinajstić information content (AvgIpc) is 3.28. The SMILES string of the molecule is CCC(=O)Nc1cccc(C(=O)N(CCO)C2CC2)c1. The van der Waals surface area contributed by atoms with Crippen LogP contribution in [0.5, 0.6) is 0 Å². The smallest absolute Gasteiger partial charge is 0.254 e. The van der Waals surface area contributed by atoms with E-state index in [1.54, 1.807) is 36.1 Å². The van der Waals surface area contributed by atoms with Gasteiger partial charge in [-0.3, -0.25) is 9.59 Å². The lowest BCUT2D eigenvalue weighted by molar-refractivity contribution is -0.115. The third kappa shape index (κ3) is 3.57. The van der Waals surface area contributed by atoms with E-state index in [0.29, 0.717) is 24.2 Å². The molecule has 0 aliphatic heterocycles. The van der Waals surface area contributed by atoms with Gasteiger partial charge in [0.25, 0.3) is 5.91 Å². The summed E-state index contributed by atoms with van der Waals surface area (Å²) in [4.78, 5) is 25.5. The maximum absolute atomic E-state index is 12.4. The predicted octanol–water partition coefficient (Wildman–Crippen LogP) is 1.63. The Morgan fingerprint density at radius 2 is 2.15 bits per heavy atom. The number of aliphatic hydroxyl groups is 1. The highest BCUT2D eigenvalue weighted by atomic mass is 16.3. The first-order valence-electron chi connectivity index (χ1n) is 6.97. The molecule has 1 aromatic rings. The van der Waals surface area contributed by atoms with Crippen LogP contribution in [0.1, 0.15) is 36.5 Å². The Kier molecular flexibility index (Phi) is 4.74. The number of hydrogen-bond acceptors (Lipinski definition) is 3. The van der Waals surface area contributed by atoms with E-state index in [1.807, 2.05) is 0 Å². The molecule has 0 radical (unpaired) electrons. The van der Waals surface area contributed by atoms with Gasteiger partial charge in [-0.05, 0) is 31.0 Å². The fourth-order valence-corrected chi connectivity index (χ4v) is 2.09. The fraction of sp³-hybridized carbons (Fsp3) is 0.467. The molecule has 0 unspecified atom stereocenters. The monoisotopic (exact) mass is 276 g/mol. The van der Waals surface area contributed by atoms with Crippen LogP contribution in [0.15, 0.2) is 24.3 Å². The van der Waals surface area contributed by atoms with Gasteiger partial charge in [0.2, 0.25) is 5.91 Å². The summed E-state index contributed by atoms with van der Waals surface area (Å²) in [6, 6.07) is 7.18. The van der Waals surface area contributed by atoms with Crippen molar-refractivity contribution in [3.05, 3.63) is 29.8 Å². The van der Waals surface area contributed by atoms with Crippen LogP contribution in [0.2, 0.25) is 0 Å². The van der Waals surface area contributed by atoms with Crippen molar-refractivity contribution in [3.8, 4) is 0 Å². The number of carbonyl (C=O) groups excluding carboxylic acids is 2. The summed E-state index contributed by atoms with van der Waals surface area (Å²) in [5, 5.41) is 11.8. The minimum absolute atomic E-state index is 0.0332. The molecule has 5 nitrogen and oxygen atoms in total. The van der Waals surface area contributed by atoms with Gasteiger partial charge in [-0.2, -0.15) is 0 Å². The van der Waals surface area contributed by atoms with Gasteiger partial charge in [0.15, 0.2) is 0 Å². The molecule has 0 saturated heterocycles. The Hall–Kier alpha value is -1.88. The van der Waals surface area contributed by atoms with E-state index in [9.17, 15) is 9.59 Å². The zero-order valence-electron chi connectivity index (χ0n) is 11.6. The number of carbonyl (C=O) groups is 2. The predicted molar refractivity (Wildman–Crippen MR) is 76.5 cm³/mol. The van der Waals surface area contributed by atoms with Crippen molar-refractivity contribution in [2.75, 3.05) is 18.5 Å². The van der Waals surface area contributed by atoms with Crippen LogP contribution in [0.4, 0.5) is 5.69 Å². The summed E-state index contributed by atoms with van der Waals surface area (Å²) in [5.41, 5.74) is 1.17. The summed E-state index contributed by atoms with van der Waals surface area (Å²) in [5.74, 6) is -0.168. The lowest BCUT2D eigenvalue weighted by atomic mass is 10.1. The zero-order valence-corrected chi connectivity index (χ0v) is 11.6. The number of nitrogens with one attached hydrogen (secondary N) is 1. The summed E-state index contributed by atoms with van der Waals surface area (Å²) in [6.07, 6.45) is 2.40. The van der Waals surface area contributed by atoms with Crippen LogP contribution >= 0.6 is 0 Å². The van der Waals surface area contributed by atoms with Gasteiger partial charge in [-0.1, -0.05) is 13.0 Å². The van der Waals surface area contributed by atoms with Gasteiger partial charge in [0.05, 0.1) is 6.61 Å². The van der Waals surface area contributed by atoms with Crippen molar-refractivity contribution in [1.29, 1.82) is 0 Å². The highest BCUT2D eigenvalue weighted by molar-refractivity contribution is 5.97. The van der Waals surface area contributed by atoms with E-state index in [4.69, 9.17) is 5.11 Å². The largest absolute Gasteiger partial charge is 0.395 e. The summed E-state index contributed by atoms with van der Waals surface area (Å²) in [6.45, 7) is 2.10. The van der Waals surface area contributed by atoms with Gasteiger partial charge in [0.1, 0.15) is 0 Å². The number of nitrogens with zero attached hydrogens (tertiary/aromatic N) is 1. The van der Waals surface area contributed by atoms with Gasteiger partial charge in [-0.25, -0.2) is 0 Å². The number of anilines is 1. The highest BCUT2D eigenvalue weighted by Crippen LogP contribution is 2.28. The molecule has 0 bridgehead atoms. The van der Waals surface area contributed by atoms with Crippen LogP contribution in [-0.4, -0.2) is 41.0 Å². The third-order valence-electron chi connectivity index (χ3n) is 3.30. The molecule has 1 saturated carbocycles. The van der Waals surface area contributed by atoms with Gasteiger partial charge >= 0.3 is 0 Å². The zero-order chi connectivity index (χ0) is 14.5. The number of amides is 2. The number of rotatable bonds is 6. The molecule has 2 amide bonds. The van der Waals surface area contributed by atoms with Gasteiger partial charge in [0, 0.05) is 30.3 Å². The van der Waals surface area contributed by atoms with E-state index in [0.717, 1.165) is 12.8 Å². The second kappa shape index (κ2) is 6.52. The molecule has 1 aliphatic carbocycles. The maximum atomic E-state index is 12.4. The number of benzene rings is 1. The third-order valence-corrected chi connectivity index (χ3v) is 3.30. The Morgan fingerprint density at radius 1 is 1.40 bits per heavy atom. The fourth-order valence-electron chi connectivity index (χ4n) is 2.09. The lowest BCUT2D eigenvalue weighted by Crippen LogP contribution is -2.35. The molecule has 5 heteroatoms. The van der Waals surface area contributed by atoms with Crippen molar-refractivity contribution in [1.82, 2.24) is 4.90 Å². The second-order valence-corrected chi connectivity index (χ2v) is 4.94. The summed E-state index contributed by atoms with van der Waals surface area (Å²) >= 11 is 0. The lowest BCUT2D eigenvalue weighted by Gasteiger charge is -2.21. The van der Waals surface area contributed by atoms with Crippen molar-refractivity contribution in [2.24, 2.45) is 0 Å². The molecule has 1 aromatic carbocycles. The van der Waals surface area contributed by atoms with E-state index in [-0.39, 0.29) is 24.5 Å². The van der Waals surface area contributed by atoms with Crippen molar-refractivity contribution < 1.29 is 14.7 Å². The van der Waals surface area contributed by atoms with Crippen molar-refractivity contribution >= 4 is 17.5 Å².